The van der Waals surface area contributed by atoms with Gasteiger partial charge in [-0.15, -0.1) is 24.0 Å². The monoisotopic (exact) mass is 574 g/mol. The van der Waals surface area contributed by atoms with Crippen molar-refractivity contribution in [2.45, 2.75) is 72.2 Å². The lowest BCUT2D eigenvalue weighted by Crippen LogP contribution is -2.47. The molecule has 0 saturated carbocycles. The Hall–Kier alpha value is -1.62. The molecule has 0 aliphatic carbocycles. The summed E-state index contributed by atoms with van der Waals surface area (Å²) in [5.74, 6) is 1.38. The molecule has 2 heterocycles. The molecule has 8 nitrogen and oxygen atoms in total. The van der Waals surface area contributed by atoms with E-state index in [1.54, 1.807) is 24.3 Å². The molecule has 1 aromatic heterocycles. The number of halogens is 1. The topological polar surface area (TPSA) is 82.1 Å². The lowest BCUT2D eigenvalue weighted by Gasteiger charge is -2.27. The number of ether oxygens (including phenoxy) is 1. The van der Waals surface area contributed by atoms with E-state index >= 15 is 0 Å². The van der Waals surface area contributed by atoms with E-state index in [1.807, 2.05) is 32.9 Å². The number of carbonyl (C=O) groups is 1. The van der Waals surface area contributed by atoms with E-state index in [-0.39, 0.29) is 30.1 Å². The van der Waals surface area contributed by atoms with Gasteiger partial charge in [0.15, 0.2) is 5.96 Å². The minimum Gasteiger partial charge on any atom is -0.444 e. The van der Waals surface area contributed by atoms with Gasteiger partial charge in [-0.05, 0) is 58.6 Å². The number of hydrogen-bond donors (Lipinski definition) is 2. The van der Waals surface area contributed by atoms with Crippen molar-refractivity contribution < 1.29 is 9.53 Å². The highest BCUT2D eigenvalue weighted by Gasteiger charge is 2.31. The first kappa shape index (κ1) is 29.4. The molecule has 0 spiro atoms. The van der Waals surface area contributed by atoms with Crippen molar-refractivity contribution >= 4 is 36.0 Å². The van der Waals surface area contributed by atoms with E-state index in [0.717, 1.165) is 31.0 Å². The molecule has 1 aromatic rings. The largest absolute Gasteiger partial charge is 0.444 e. The molecule has 188 valence electrons. The second kappa shape index (κ2) is 13.9. The molecule has 2 rings (SSSR count). The average molecular weight is 575 g/mol. The fourth-order valence-electron chi connectivity index (χ4n) is 3.73. The summed E-state index contributed by atoms with van der Waals surface area (Å²) in [5.41, 5.74) is 0.449. The van der Waals surface area contributed by atoms with Gasteiger partial charge in [-0.2, -0.15) is 0 Å². The van der Waals surface area contributed by atoms with Crippen LogP contribution in [0.5, 0.6) is 0 Å². The molecule has 2 N–H and O–H groups in total. The van der Waals surface area contributed by atoms with Crippen molar-refractivity contribution in [1.82, 2.24) is 25.4 Å². The van der Waals surface area contributed by atoms with Crippen LogP contribution in [0.3, 0.4) is 0 Å². The van der Waals surface area contributed by atoms with Gasteiger partial charge in [0.1, 0.15) is 5.60 Å². The van der Waals surface area contributed by atoms with Gasteiger partial charge in [0.25, 0.3) is 0 Å². The third-order valence-electron chi connectivity index (χ3n) is 5.56. The Morgan fingerprint density at radius 1 is 1.36 bits per heavy atom. The molecule has 0 radical (unpaired) electrons. The summed E-state index contributed by atoms with van der Waals surface area (Å²) in [4.78, 5) is 25.5. The second-order valence-electron chi connectivity index (χ2n) is 9.89. The fraction of sp³-hybridized carbons (Fsp3) is 0.708. The highest BCUT2D eigenvalue weighted by Crippen LogP contribution is 2.18. The number of aliphatic imine (C=N–C) groups is 1. The Bertz CT molecular complexity index is 738. The number of likely N-dealkylation sites (tertiary alicyclic amines) is 1. The average Bonchev–Trinajstić information content (AvgIpc) is 3.09. The van der Waals surface area contributed by atoms with Gasteiger partial charge in [-0.3, -0.25) is 14.9 Å². The normalized spacial score (nSPS) is 19.2. The number of carbonyl (C=O) groups excluding carboxylic acids is 1. The predicted molar refractivity (Wildman–Crippen MR) is 145 cm³/mol. The lowest BCUT2D eigenvalue weighted by molar-refractivity contribution is 0.0232. The van der Waals surface area contributed by atoms with Gasteiger partial charge in [0.2, 0.25) is 0 Å². The summed E-state index contributed by atoms with van der Waals surface area (Å²) >= 11 is 0. The highest BCUT2D eigenvalue weighted by atomic mass is 127. The van der Waals surface area contributed by atoms with Crippen LogP contribution in [0, 0.1) is 5.92 Å². The van der Waals surface area contributed by atoms with E-state index < -0.39 is 5.60 Å². The van der Waals surface area contributed by atoms with Gasteiger partial charge in [-0.25, -0.2) is 4.79 Å². The first-order valence-corrected chi connectivity index (χ1v) is 11.7. The van der Waals surface area contributed by atoms with Gasteiger partial charge in [0.05, 0.1) is 6.54 Å². The molecule has 9 heteroatoms. The van der Waals surface area contributed by atoms with Crippen molar-refractivity contribution in [2.75, 3.05) is 33.2 Å². The van der Waals surface area contributed by atoms with E-state index in [4.69, 9.17) is 4.74 Å². The number of amides is 1. The number of rotatable bonds is 8. The summed E-state index contributed by atoms with van der Waals surface area (Å²) in [6, 6.07) is 4.78. The molecule has 2 unspecified atom stereocenters. The maximum atomic E-state index is 12.7. The molecule has 0 bridgehead atoms. The molecule has 1 fully saturated rings. The third-order valence-corrected chi connectivity index (χ3v) is 5.56. The Kier molecular flexibility index (Phi) is 12.4. The molecular formula is C24H43IN6O2. The standard InChI is InChI=1S/C24H42N6O2.HI/c1-18(2)30-15-19(3)21(17-30)28-22(25-7)27-12-9-13-29(23(31)32-24(4,5)6)16-20-10-8-11-26-14-20;/h8,10-11,14,18-19,21H,9,12-13,15-17H2,1-7H3,(H2,25,27,28);1H. The molecule has 2 atom stereocenters. The number of pyridine rings is 1. The summed E-state index contributed by atoms with van der Waals surface area (Å²) < 4.78 is 5.61. The van der Waals surface area contributed by atoms with E-state index in [2.05, 4.69) is 46.3 Å². The van der Waals surface area contributed by atoms with Crippen molar-refractivity contribution in [2.24, 2.45) is 10.9 Å². The Morgan fingerprint density at radius 2 is 2.09 bits per heavy atom. The number of nitrogens with zero attached hydrogens (tertiary/aromatic N) is 4. The zero-order valence-corrected chi connectivity index (χ0v) is 23.6. The van der Waals surface area contributed by atoms with Crippen LogP contribution >= 0.6 is 24.0 Å². The maximum absolute atomic E-state index is 12.7. The summed E-state index contributed by atoms with van der Waals surface area (Å²) in [6.07, 6.45) is 3.98. The van der Waals surface area contributed by atoms with Crippen molar-refractivity contribution in [3.63, 3.8) is 0 Å². The minimum absolute atomic E-state index is 0. The van der Waals surface area contributed by atoms with Crippen LogP contribution in [0.2, 0.25) is 0 Å². The number of guanidine groups is 1. The van der Waals surface area contributed by atoms with E-state index in [0.29, 0.717) is 37.6 Å². The highest BCUT2D eigenvalue weighted by molar-refractivity contribution is 14.0. The fourth-order valence-corrected chi connectivity index (χ4v) is 3.73. The zero-order valence-electron chi connectivity index (χ0n) is 21.3. The Labute approximate surface area is 217 Å². The van der Waals surface area contributed by atoms with Crippen LogP contribution in [0.4, 0.5) is 4.79 Å². The molecule has 1 amide bonds. The van der Waals surface area contributed by atoms with Crippen LogP contribution in [-0.4, -0.2) is 77.7 Å². The molecule has 1 aliphatic heterocycles. The smallest absolute Gasteiger partial charge is 0.410 e. The van der Waals surface area contributed by atoms with E-state index in [9.17, 15) is 4.79 Å². The third kappa shape index (κ3) is 10.5. The van der Waals surface area contributed by atoms with Crippen LogP contribution in [-0.2, 0) is 11.3 Å². The molecule has 0 aromatic carbocycles. The molecule has 1 aliphatic rings. The van der Waals surface area contributed by atoms with Gasteiger partial charge >= 0.3 is 6.09 Å². The summed E-state index contributed by atoms with van der Waals surface area (Å²) in [5, 5.41) is 6.96. The SMILES string of the molecule is CN=C(NCCCN(Cc1cccnc1)C(=O)OC(C)(C)C)NC1CN(C(C)C)CC1C.I. The summed E-state index contributed by atoms with van der Waals surface area (Å²) in [6.45, 7) is 16.3. The molecule has 1 saturated heterocycles. The zero-order chi connectivity index (χ0) is 23.7. The maximum Gasteiger partial charge on any atom is 0.410 e. The van der Waals surface area contributed by atoms with Gasteiger partial charge in [-0.1, -0.05) is 13.0 Å². The van der Waals surface area contributed by atoms with Crippen LogP contribution in [0.25, 0.3) is 0 Å². The molecular weight excluding hydrogens is 531 g/mol. The van der Waals surface area contributed by atoms with Crippen LogP contribution in [0.15, 0.2) is 29.5 Å². The quantitative estimate of drug-likeness (QED) is 0.213. The van der Waals surface area contributed by atoms with Crippen molar-refractivity contribution in [3.05, 3.63) is 30.1 Å². The van der Waals surface area contributed by atoms with E-state index in [1.165, 1.54) is 0 Å². The second-order valence-corrected chi connectivity index (χ2v) is 9.89. The first-order chi connectivity index (χ1) is 15.1. The number of hydrogen-bond acceptors (Lipinski definition) is 5. The first-order valence-electron chi connectivity index (χ1n) is 11.7. The predicted octanol–water partition coefficient (Wildman–Crippen LogP) is 3.72. The number of nitrogens with one attached hydrogen (secondary N) is 2. The Balaban J connectivity index is 0.00000544. The summed E-state index contributed by atoms with van der Waals surface area (Å²) in [7, 11) is 1.80. The minimum atomic E-state index is -0.531. The van der Waals surface area contributed by atoms with Crippen LogP contribution < -0.4 is 10.6 Å². The van der Waals surface area contributed by atoms with Crippen LogP contribution in [0.1, 0.15) is 53.5 Å². The lowest BCUT2D eigenvalue weighted by atomic mass is 10.1. The van der Waals surface area contributed by atoms with Gasteiger partial charge in [0, 0.05) is 57.7 Å². The van der Waals surface area contributed by atoms with Gasteiger partial charge < -0.3 is 20.3 Å². The van der Waals surface area contributed by atoms with Crippen molar-refractivity contribution in [1.29, 1.82) is 0 Å². The number of aromatic nitrogens is 1. The Morgan fingerprint density at radius 3 is 2.64 bits per heavy atom. The van der Waals surface area contributed by atoms with Crippen molar-refractivity contribution in [3.8, 4) is 0 Å². The molecule has 33 heavy (non-hydrogen) atoms.